The number of carbonyl (C=O) groups is 3. The first kappa shape index (κ1) is 37.6. The zero-order chi connectivity index (χ0) is 36.8. The van der Waals surface area contributed by atoms with Crippen LogP contribution in [-0.2, 0) is 46.3 Å². The normalized spacial score (nSPS) is 23.8. The van der Waals surface area contributed by atoms with E-state index >= 15 is 0 Å². The van der Waals surface area contributed by atoms with Crippen LogP contribution in [0.2, 0.25) is 0 Å². The van der Waals surface area contributed by atoms with Gasteiger partial charge in [0.1, 0.15) is 6.10 Å². The Labute approximate surface area is 306 Å². The zero-order valence-corrected chi connectivity index (χ0v) is 30.5. The molecule has 1 saturated carbocycles. The Kier molecular flexibility index (Phi) is 12.1. The van der Waals surface area contributed by atoms with Gasteiger partial charge in [0.25, 0.3) is 0 Å². The molecule has 2 saturated heterocycles. The number of esters is 2. The number of hydrogen-bond acceptors (Lipinski definition) is 10. The van der Waals surface area contributed by atoms with Crippen LogP contribution in [0.25, 0.3) is 11.1 Å². The van der Waals surface area contributed by atoms with Gasteiger partial charge in [-0.05, 0) is 46.6 Å². The van der Waals surface area contributed by atoms with E-state index in [-0.39, 0.29) is 68.0 Å². The van der Waals surface area contributed by atoms with Crippen LogP contribution in [0.4, 0.5) is 0 Å². The van der Waals surface area contributed by atoms with Gasteiger partial charge in [-0.25, -0.2) is 5.01 Å². The molecule has 3 heterocycles. The summed E-state index contributed by atoms with van der Waals surface area (Å²) < 4.78 is 22.8. The Morgan fingerprint density at radius 2 is 1.67 bits per heavy atom. The number of carbonyl (C=O) groups excluding carboxylic acids is 3. The first-order valence-electron chi connectivity index (χ1n) is 18.2. The highest BCUT2D eigenvalue weighted by atomic mass is 16.7. The number of rotatable bonds is 15. The van der Waals surface area contributed by atoms with Crippen LogP contribution >= 0.6 is 0 Å². The molecule has 2 bridgehead atoms. The Balaban J connectivity index is 1.21. The Hall–Kier alpha value is -4.16. The van der Waals surface area contributed by atoms with Crippen molar-refractivity contribution in [1.82, 2.24) is 15.4 Å². The van der Waals surface area contributed by atoms with Gasteiger partial charge >= 0.3 is 11.9 Å². The number of nitrogens with one attached hydrogen (secondary N) is 1. The number of ether oxygens (including phenoxy) is 4. The van der Waals surface area contributed by atoms with Crippen molar-refractivity contribution < 1.29 is 38.4 Å². The molecule has 3 fully saturated rings. The summed E-state index contributed by atoms with van der Waals surface area (Å²) in [6, 6.07) is 21.5. The van der Waals surface area contributed by atoms with Crippen molar-refractivity contribution in [3.8, 4) is 11.1 Å². The summed E-state index contributed by atoms with van der Waals surface area (Å²) in [5.41, 5.74) is 6.32. The molecule has 6 rings (SSSR count). The number of fused-ring (bicyclic) bond motifs is 1. The maximum Gasteiger partial charge on any atom is 0.306 e. The molecule has 11 heteroatoms. The van der Waals surface area contributed by atoms with Gasteiger partial charge in [-0.1, -0.05) is 81.4 Å². The van der Waals surface area contributed by atoms with Gasteiger partial charge in [0.2, 0.25) is 5.91 Å². The van der Waals surface area contributed by atoms with E-state index in [4.69, 9.17) is 18.9 Å². The van der Waals surface area contributed by atoms with Crippen LogP contribution in [-0.4, -0.2) is 78.3 Å². The van der Waals surface area contributed by atoms with Crippen LogP contribution in [0.5, 0.6) is 0 Å². The lowest BCUT2D eigenvalue weighted by Gasteiger charge is -2.34. The van der Waals surface area contributed by atoms with E-state index in [0.717, 1.165) is 28.7 Å². The highest BCUT2D eigenvalue weighted by Gasteiger charge is 2.56. The number of amides is 1. The van der Waals surface area contributed by atoms with Gasteiger partial charge in [0, 0.05) is 49.2 Å². The largest absolute Gasteiger partial charge is 0.469 e. The lowest BCUT2D eigenvalue weighted by molar-refractivity contribution is -0.178. The van der Waals surface area contributed by atoms with Gasteiger partial charge in [-0.2, -0.15) is 0 Å². The molecule has 52 heavy (non-hydrogen) atoms. The SMILES string of the molecule is COC(=O)C[C@H](C(=O)NN(Cc1ccc(-c2cccnc2)cc1)C[C@H](O)[C@@H](CC(=O)OC1C2COC3OCC1C3C2)Cc1ccccc1)C(C)(C)C. The number of aliphatic hydroxyl groups excluding tert-OH is 1. The molecule has 11 nitrogen and oxygen atoms in total. The number of nitrogens with zero attached hydrogens (tertiary/aromatic N) is 2. The summed E-state index contributed by atoms with van der Waals surface area (Å²) in [7, 11) is 1.31. The van der Waals surface area contributed by atoms with Crippen molar-refractivity contribution in [2.75, 3.05) is 26.9 Å². The van der Waals surface area contributed by atoms with Crippen molar-refractivity contribution >= 4 is 17.8 Å². The van der Waals surface area contributed by atoms with E-state index in [1.54, 1.807) is 17.4 Å². The predicted molar refractivity (Wildman–Crippen MR) is 193 cm³/mol. The molecule has 278 valence electrons. The van der Waals surface area contributed by atoms with Crippen molar-refractivity contribution in [3.63, 3.8) is 0 Å². The number of aromatic nitrogens is 1. The minimum absolute atomic E-state index is 0.00361. The van der Waals surface area contributed by atoms with Crippen LogP contribution < -0.4 is 5.43 Å². The third-order valence-electron chi connectivity index (χ3n) is 10.8. The highest BCUT2D eigenvalue weighted by Crippen LogP contribution is 2.49. The van der Waals surface area contributed by atoms with Crippen molar-refractivity contribution in [3.05, 3.63) is 90.3 Å². The minimum atomic E-state index is -1.03. The predicted octanol–water partition coefficient (Wildman–Crippen LogP) is 4.97. The second kappa shape index (κ2) is 16.7. The molecule has 3 aliphatic rings. The van der Waals surface area contributed by atoms with E-state index in [1.807, 2.05) is 87.5 Å². The fourth-order valence-electron chi connectivity index (χ4n) is 7.88. The average molecular weight is 714 g/mol. The molecule has 1 aliphatic carbocycles. The van der Waals surface area contributed by atoms with Crippen LogP contribution in [0.3, 0.4) is 0 Å². The maximum atomic E-state index is 13.9. The monoisotopic (exact) mass is 713 g/mol. The van der Waals surface area contributed by atoms with Crippen LogP contribution in [0.1, 0.15) is 51.2 Å². The Morgan fingerprint density at radius 3 is 2.37 bits per heavy atom. The second-order valence-corrected chi connectivity index (χ2v) is 15.5. The smallest absolute Gasteiger partial charge is 0.306 e. The van der Waals surface area contributed by atoms with E-state index in [9.17, 15) is 19.5 Å². The molecule has 0 spiro atoms. The van der Waals surface area contributed by atoms with Crippen molar-refractivity contribution in [1.29, 1.82) is 0 Å². The first-order valence-corrected chi connectivity index (χ1v) is 18.2. The molecule has 8 atom stereocenters. The van der Waals surface area contributed by atoms with Gasteiger partial charge in [0.05, 0.1) is 45.2 Å². The van der Waals surface area contributed by atoms with Gasteiger partial charge in [0.15, 0.2) is 6.29 Å². The zero-order valence-electron chi connectivity index (χ0n) is 30.5. The van der Waals surface area contributed by atoms with Gasteiger partial charge < -0.3 is 24.1 Å². The summed E-state index contributed by atoms with van der Waals surface area (Å²) >= 11 is 0. The Bertz CT molecular complexity index is 1650. The summed E-state index contributed by atoms with van der Waals surface area (Å²) in [5, 5.41) is 13.6. The van der Waals surface area contributed by atoms with Crippen molar-refractivity contribution in [2.24, 2.45) is 35.0 Å². The lowest BCUT2D eigenvalue weighted by atomic mass is 9.78. The molecule has 2 aliphatic heterocycles. The number of benzene rings is 2. The number of hydrazine groups is 1. The van der Waals surface area contributed by atoms with E-state index in [2.05, 4.69) is 10.4 Å². The van der Waals surface area contributed by atoms with E-state index < -0.39 is 29.3 Å². The van der Waals surface area contributed by atoms with E-state index in [0.29, 0.717) is 19.6 Å². The molecule has 0 radical (unpaired) electrons. The number of hydrogen-bond donors (Lipinski definition) is 2. The third kappa shape index (κ3) is 9.25. The van der Waals surface area contributed by atoms with Gasteiger partial charge in [-0.3, -0.25) is 24.8 Å². The van der Waals surface area contributed by atoms with Crippen LogP contribution in [0, 0.1) is 35.0 Å². The molecule has 1 aromatic heterocycles. The fourth-order valence-corrected chi connectivity index (χ4v) is 7.88. The highest BCUT2D eigenvalue weighted by molar-refractivity contribution is 5.84. The van der Waals surface area contributed by atoms with Crippen LogP contribution in [0.15, 0.2) is 79.1 Å². The van der Waals surface area contributed by atoms with Crippen molar-refractivity contribution in [2.45, 2.75) is 71.5 Å². The molecule has 5 unspecified atom stereocenters. The quantitative estimate of drug-likeness (QED) is 0.164. The summed E-state index contributed by atoms with van der Waals surface area (Å²) in [6.45, 7) is 7.02. The fraction of sp³-hybridized carbons (Fsp3) is 0.512. The standard InChI is InChI=1S/C41H51N3O8/c1-41(2,3)34(20-36(46)49-4)39(48)43-44(22-27-12-14-28(15-13-27)29-11-8-16-42-21-29)23-35(45)30(17-26-9-6-5-7-10-26)19-37(47)52-38-31-18-32-33(38)25-51-40(32)50-24-31/h5-16,21,30-35,38,40,45H,17-20,22-25H2,1-4H3,(H,43,48)/t30-,31?,32?,33?,34-,35+,38?,40?/m1/s1. The molecule has 2 aromatic carbocycles. The molecule has 2 N–H and O–H groups in total. The molecule has 1 amide bonds. The molecular formula is C41H51N3O8. The minimum Gasteiger partial charge on any atom is -0.469 e. The summed E-state index contributed by atoms with van der Waals surface area (Å²) in [5.74, 6) is -1.91. The average Bonchev–Trinajstić information content (AvgIpc) is 3.67. The van der Waals surface area contributed by atoms with Gasteiger partial charge in [-0.15, -0.1) is 0 Å². The number of aliphatic hydroxyl groups is 1. The topological polar surface area (TPSA) is 137 Å². The summed E-state index contributed by atoms with van der Waals surface area (Å²) in [4.78, 5) is 44.1. The third-order valence-corrected chi connectivity index (χ3v) is 10.8. The van der Waals surface area contributed by atoms with E-state index in [1.165, 1.54) is 7.11 Å². The Morgan fingerprint density at radius 1 is 0.923 bits per heavy atom. The second-order valence-electron chi connectivity index (χ2n) is 15.5. The molecule has 3 aromatic rings. The first-order chi connectivity index (χ1) is 25.0. The maximum absolute atomic E-state index is 13.9. The number of pyridine rings is 1. The lowest BCUT2D eigenvalue weighted by Crippen LogP contribution is -2.51. The summed E-state index contributed by atoms with van der Waals surface area (Å²) in [6.07, 6.45) is 3.28. The molecular weight excluding hydrogens is 662 g/mol. The number of methoxy groups -OCH3 is 1.